The number of carbonyl (C=O) groups excluding carboxylic acids is 2. The molecule has 1 saturated heterocycles. The summed E-state index contributed by atoms with van der Waals surface area (Å²) in [6, 6.07) is 15.9. The molecule has 0 spiro atoms. The number of aliphatic hydroxyl groups is 1. The van der Waals surface area contributed by atoms with Gasteiger partial charge < -0.3 is 14.7 Å². The van der Waals surface area contributed by atoms with E-state index in [1.54, 1.807) is 36.7 Å². The molecule has 174 valence electrons. The van der Waals surface area contributed by atoms with Crippen LogP contribution >= 0.6 is 0 Å². The zero-order valence-corrected chi connectivity index (χ0v) is 19.6. The summed E-state index contributed by atoms with van der Waals surface area (Å²) in [5.41, 5.74) is 4.02. The minimum atomic E-state index is -0.711. The van der Waals surface area contributed by atoms with Crippen molar-refractivity contribution in [2.24, 2.45) is 0 Å². The Kier molecular flexibility index (Phi) is 6.77. The SMILES string of the molecule is CCCOc1ccc(C(O)=C2C(=O)C(=O)N(Cc3cccnc3)[C@H]2c2ccc(C)cc2)cc1C. The number of benzene rings is 2. The molecule has 0 bridgehead atoms. The van der Waals surface area contributed by atoms with Crippen LogP contribution in [0.3, 0.4) is 0 Å². The Morgan fingerprint density at radius 2 is 1.85 bits per heavy atom. The van der Waals surface area contributed by atoms with Crippen LogP contribution in [0, 0.1) is 13.8 Å². The number of aryl methyl sites for hydroxylation is 2. The largest absolute Gasteiger partial charge is 0.507 e. The summed E-state index contributed by atoms with van der Waals surface area (Å²) in [6.45, 7) is 6.70. The quantitative estimate of drug-likeness (QED) is 0.304. The van der Waals surface area contributed by atoms with E-state index in [4.69, 9.17) is 4.74 Å². The predicted octanol–water partition coefficient (Wildman–Crippen LogP) is 5.11. The zero-order chi connectivity index (χ0) is 24.2. The molecule has 1 N–H and O–H groups in total. The van der Waals surface area contributed by atoms with Crippen molar-refractivity contribution in [2.45, 2.75) is 39.8 Å². The van der Waals surface area contributed by atoms with Crippen molar-refractivity contribution in [3.63, 3.8) is 0 Å². The highest BCUT2D eigenvalue weighted by Gasteiger charge is 2.46. The van der Waals surface area contributed by atoms with Crippen LogP contribution in [-0.4, -0.2) is 33.3 Å². The highest BCUT2D eigenvalue weighted by molar-refractivity contribution is 6.46. The summed E-state index contributed by atoms with van der Waals surface area (Å²) in [5.74, 6) is -0.806. The van der Waals surface area contributed by atoms with E-state index in [9.17, 15) is 14.7 Å². The smallest absolute Gasteiger partial charge is 0.295 e. The van der Waals surface area contributed by atoms with E-state index >= 15 is 0 Å². The summed E-state index contributed by atoms with van der Waals surface area (Å²) in [4.78, 5) is 32.0. The minimum absolute atomic E-state index is 0.0827. The topological polar surface area (TPSA) is 79.7 Å². The Bertz CT molecular complexity index is 1230. The monoisotopic (exact) mass is 456 g/mol. The minimum Gasteiger partial charge on any atom is -0.507 e. The number of ketones is 1. The van der Waals surface area contributed by atoms with Crippen LogP contribution in [0.5, 0.6) is 5.75 Å². The average molecular weight is 457 g/mol. The molecule has 4 rings (SSSR count). The second kappa shape index (κ2) is 9.91. The Hall–Kier alpha value is -3.93. The van der Waals surface area contributed by atoms with Crippen LogP contribution < -0.4 is 4.74 Å². The predicted molar refractivity (Wildman–Crippen MR) is 130 cm³/mol. The average Bonchev–Trinajstić information content (AvgIpc) is 3.09. The van der Waals surface area contributed by atoms with Gasteiger partial charge in [0.15, 0.2) is 0 Å². The van der Waals surface area contributed by atoms with Gasteiger partial charge in [-0.15, -0.1) is 0 Å². The van der Waals surface area contributed by atoms with Gasteiger partial charge in [-0.05, 0) is 61.2 Å². The number of rotatable bonds is 7. The van der Waals surface area contributed by atoms with Crippen molar-refractivity contribution in [3.05, 3.63) is 100 Å². The summed E-state index contributed by atoms with van der Waals surface area (Å²) < 4.78 is 5.74. The van der Waals surface area contributed by atoms with E-state index in [1.165, 1.54) is 4.90 Å². The van der Waals surface area contributed by atoms with Crippen molar-refractivity contribution in [3.8, 4) is 5.75 Å². The number of amides is 1. The molecule has 1 aromatic heterocycles. The van der Waals surface area contributed by atoms with Gasteiger partial charge >= 0.3 is 0 Å². The van der Waals surface area contributed by atoms with Crippen LogP contribution in [0.15, 0.2) is 72.6 Å². The molecule has 2 aromatic carbocycles. The third-order valence-corrected chi connectivity index (χ3v) is 5.92. The Morgan fingerprint density at radius 1 is 1.09 bits per heavy atom. The van der Waals surface area contributed by atoms with E-state index in [2.05, 4.69) is 4.98 Å². The zero-order valence-electron chi connectivity index (χ0n) is 19.6. The maximum Gasteiger partial charge on any atom is 0.295 e. The van der Waals surface area contributed by atoms with Gasteiger partial charge in [-0.25, -0.2) is 0 Å². The lowest BCUT2D eigenvalue weighted by Gasteiger charge is -2.25. The second-order valence-corrected chi connectivity index (χ2v) is 8.53. The molecule has 6 nitrogen and oxygen atoms in total. The molecule has 0 aliphatic carbocycles. The van der Waals surface area contributed by atoms with Gasteiger partial charge in [0.05, 0.1) is 18.2 Å². The van der Waals surface area contributed by atoms with Crippen LogP contribution in [0.4, 0.5) is 0 Å². The Morgan fingerprint density at radius 3 is 2.50 bits per heavy atom. The molecule has 0 radical (unpaired) electrons. The fourth-order valence-electron chi connectivity index (χ4n) is 4.15. The Labute approximate surface area is 199 Å². The molecule has 1 fully saturated rings. The van der Waals surface area contributed by atoms with Gasteiger partial charge in [0.1, 0.15) is 11.5 Å². The number of aromatic nitrogens is 1. The Balaban J connectivity index is 1.81. The lowest BCUT2D eigenvalue weighted by atomic mass is 9.94. The van der Waals surface area contributed by atoms with Gasteiger partial charge in [-0.1, -0.05) is 42.8 Å². The first-order chi connectivity index (χ1) is 16.4. The number of hydrogen-bond acceptors (Lipinski definition) is 5. The van der Waals surface area contributed by atoms with Crippen molar-refractivity contribution < 1.29 is 19.4 Å². The normalized spacial score (nSPS) is 17.3. The van der Waals surface area contributed by atoms with Crippen molar-refractivity contribution in [1.29, 1.82) is 0 Å². The number of ether oxygens (including phenoxy) is 1. The first-order valence-corrected chi connectivity index (χ1v) is 11.4. The third kappa shape index (κ3) is 4.57. The van der Waals surface area contributed by atoms with Crippen LogP contribution in [0.2, 0.25) is 0 Å². The van der Waals surface area contributed by atoms with Crippen LogP contribution in [0.25, 0.3) is 5.76 Å². The number of aliphatic hydroxyl groups excluding tert-OH is 1. The molecule has 2 heterocycles. The number of carbonyl (C=O) groups is 2. The van der Waals surface area contributed by atoms with Crippen molar-refractivity contribution in [2.75, 3.05) is 6.61 Å². The van der Waals surface area contributed by atoms with Crippen molar-refractivity contribution in [1.82, 2.24) is 9.88 Å². The summed E-state index contributed by atoms with van der Waals surface area (Å²) in [5, 5.41) is 11.3. The summed E-state index contributed by atoms with van der Waals surface area (Å²) in [7, 11) is 0. The number of Topliss-reactive ketones (excluding diaryl/α,β-unsaturated/α-hetero) is 1. The highest BCUT2D eigenvalue weighted by atomic mass is 16.5. The molecular formula is C28H28N2O4. The molecule has 0 unspecified atom stereocenters. The second-order valence-electron chi connectivity index (χ2n) is 8.53. The van der Waals surface area contributed by atoms with Gasteiger partial charge in [0, 0.05) is 24.5 Å². The standard InChI is InChI=1S/C28H28N2O4/c1-4-14-34-23-12-11-22(15-19(23)3)26(31)24-25(21-9-7-18(2)8-10-21)30(28(33)27(24)32)17-20-6-5-13-29-16-20/h5-13,15-16,25,31H,4,14,17H2,1-3H3/t25-/m0/s1. The first kappa shape index (κ1) is 23.2. The van der Waals surface area contributed by atoms with Crippen molar-refractivity contribution >= 4 is 17.4 Å². The summed E-state index contributed by atoms with van der Waals surface area (Å²) in [6.07, 6.45) is 4.22. The lowest BCUT2D eigenvalue weighted by molar-refractivity contribution is -0.140. The molecule has 1 aliphatic rings. The van der Waals surface area contributed by atoms with Gasteiger partial charge in [-0.2, -0.15) is 0 Å². The van der Waals surface area contributed by atoms with E-state index in [0.29, 0.717) is 12.2 Å². The highest BCUT2D eigenvalue weighted by Crippen LogP contribution is 2.40. The van der Waals surface area contributed by atoms with E-state index in [1.807, 2.05) is 51.1 Å². The van der Waals surface area contributed by atoms with E-state index in [0.717, 1.165) is 34.4 Å². The maximum atomic E-state index is 13.2. The lowest BCUT2D eigenvalue weighted by Crippen LogP contribution is -2.29. The van der Waals surface area contributed by atoms with Gasteiger partial charge in [-0.3, -0.25) is 14.6 Å². The molecule has 6 heteroatoms. The first-order valence-electron chi connectivity index (χ1n) is 11.4. The van der Waals surface area contributed by atoms with E-state index in [-0.39, 0.29) is 17.9 Å². The number of hydrogen-bond donors (Lipinski definition) is 1. The van der Waals surface area contributed by atoms with Gasteiger partial charge in [0.2, 0.25) is 0 Å². The number of nitrogens with zero attached hydrogens (tertiary/aromatic N) is 2. The molecule has 3 aromatic rings. The van der Waals surface area contributed by atoms with Crippen LogP contribution in [-0.2, 0) is 16.1 Å². The van der Waals surface area contributed by atoms with Gasteiger partial charge in [0.25, 0.3) is 11.7 Å². The summed E-state index contributed by atoms with van der Waals surface area (Å²) >= 11 is 0. The molecule has 1 atom stereocenters. The fourth-order valence-corrected chi connectivity index (χ4v) is 4.15. The molecule has 0 saturated carbocycles. The molecule has 1 aliphatic heterocycles. The molecule has 1 amide bonds. The van der Waals surface area contributed by atoms with Crippen LogP contribution in [0.1, 0.15) is 47.2 Å². The van der Waals surface area contributed by atoms with E-state index < -0.39 is 17.7 Å². The number of likely N-dealkylation sites (tertiary alicyclic amines) is 1. The third-order valence-electron chi connectivity index (χ3n) is 5.92. The number of pyridine rings is 1. The fraction of sp³-hybridized carbons (Fsp3) is 0.250. The molecular weight excluding hydrogens is 428 g/mol. The molecule has 34 heavy (non-hydrogen) atoms. The maximum absolute atomic E-state index is 13.2.